The zero-order valence-corrected chi connectivity index (χ0v) is 22.8. The first-order valence-corrected chi connectivity index (χ1v) is 12.5. The van der Waals surface area contributed by atoms with Gasteiger partial charge in [-0.15, -0.1) is 0 Å². The fourth-order valence-corrected chi connectivity index (χ4v) is 3.83. The van der Waals surface area contributed by atoms with Crippen molar-refractivity contribution in [3.05, 3.63) is 46.6 Å². The van der Waals surface area contributed by atoms with Crippen LogP contribution < -0.4 is 33.1 Å². The Labute approximate surface area is 193 Å². The molecule has 0 heterocycles. The van der Waals surface area contributed by atoms with Crippen LogP contribution in [0.5, 0.6) is 0 Å². The molecular weight excluding hydrogens is 456 g/mol. The molecule has 32 heavy (non-hydrogen) atoms. The van der Waals surface area contributed by atoms with Crippen LogP contribution in [-0.2, 0) is 18.0 Å². The van der Waals surface area contributed by atoms with Gasteiger partial charge in [0, 0.05) is 0 Å². The highest BCUT2D eigenvalue weighted by molar-refractivity contribution is 7.58. The number of hydrogen-bond donors (Lipinski definition) is 3. The predicted octanol–water partition coefficient (Wildman–Crippen LogP) is 5.59. The lowest BCUT2D eigenvalue weighted by Gasteiger charge is -2.34. The summed E-state index contributed by atoms with van der Waals surface area (Å²) in [6.45, 7) is 9.89. The van der Waals surface area contributed by atoms with Crippen molar-refractivity contribution in [2.45, 2.75) is 73.1 Å². The largest absolute Gasteiger partial charge is 0.790 e. The first-order chi connectivity index (χ1) is 13.3. The molecule has 0 rings (SSSR count). The van der Waals surface area contributed by atoms with Crippen LogP contribution in [-0.4, -0.2) is 6.61 Å². The minimum absolute atomic E-state index is 0. The molecule has 0 aromatic rings. The quantitative estimate of drug-likeness (QED) is 0.201. The van der Waals surface area contributed by atoms with Crippen molar-refractivity contribution >= 4 is 15.6 Å². The van der Waals surface area contributed by atoms with Crippen molar-refractivity contribution in [1.82, 2.24) is 18.5 Å². The molecule has 0 aliphatic carbocycles. The van der Waals surface area contributed by atoms with Gasteiger partial charge in [-0.2, -0.15) is 0 Å². The molecule has 0 aromatic carbocycles. The Balaban J connectivity index is -0.00000131. The van der Waals surface area contributed by atoms with E-state index in [-0.39, 0.29) is 25.1 Å². The van der Waals surface area contributed by atoms with E-state index >= 15 is 0 Å². The molecule has 12 heteroatoms. The molecule has 0 saturated heterocycles. The summed E-state index contributed by atoms with van der Waals surface area (Å²) in [5, 5.41) is 0. The third-order valence-corrected chi connectivity index (χ3v) is 6.08. The van der Waals surface area contributed by atoms with Crippen LogP contribution in [0, 0.1) is 0 Å². The van der Waals surface area contributed by atoms with E-state index in [1.807, 2.05) is 6.92 Å². The molecule has 0 fully saturated rings. The van der Waals surface area contributed by atoms with Gasteiger partial charge in [-0.3, -0.25) is 8.88 Å². The van der Waals surface area contributed by atoms with E-state index in [1.54, 1.807) is 0 Å². The molecule has 0 saturated carbocycles. The maximum absolute atomic E-state index is 11.1. The molecular formula is C20H45N3O7P2. The molecule has 0 radical (unpaired) electrons. The molecule has 192 valence electrons. The van der Waals surface area contributed by atoms with Crippen molar-refractivity contribution in [3.63, 3.8) is 0 Å². The van der Waals surface area contributed by atoms with E-state index in [2.05, 4.69) is 54.8 Å². The highest BCUT2D eigenvalue weighted by atomic mass is 31.3. The number of quaternary nitrogens is 3. The Bertz CT molecular complexity index is 725. The van der Waals surface area contributed by atoms with Crippen molar-refractivity contribution in [2.75, 3.05) is 6.61 Å². The van der Waals surface area contributed by atoms with Crippen molar-refractivity contribution in [3.8, 4) is 0 Å². The third-order valence-electron chi connectivity index (χ3n) is 4.02. The second-order valence-electron chi connectivity index (χ2n) is 7.32. The Morgan fingerprint density at radius 2 is 1.06 bits per heavy atom. The van der Waals surface area contributed by atoms with Gasteiger partial charge in [0.1, 0.15) is 0 Å². The number of phosphoric acid groups is 2. The van der Waals surface area contributed by atoms with E-state index in [1.165, 1.54) is 22.8 Å². The van der Waals surface area contributed by atoms with E-state index in [0.717, 1.165) is 37.7 Å². The highest BCUT2D eigenvalue weighted by Crippen LogP contribution is 2.50. The zero-order valence-electron chi connectivity index (χ0n) is 21.0. The van der Waals surface area contributed by atoms with Crippen molar-refractivity contribution < 1.29 is 32.6 Å². The maximum atomic E-state index is 11.1. The normalized spacial score (nSPS) is 14.4. The lowest BCUT2D eigenvalue weighted by atomic mass is 10.0. The molecule has 0 amide bonds. The Morgan fingerprint density at radius 3 is 1.44 bits per heavy atom. The Morgan fingerprint density at radius 1 is 0.688 bits per heavy atom. The first-order valence-electron chi connectivity index (χ1n) is 9.60. The van der Waals surface area contributed by atoms with Gasteiger partial charge in [-0.1, -0.05) is 46.6 Å². The van der Waals surface area contributed by atoms with Gasteiger partial charge >= 0.3 is 0 Å². The summed E-state index contributed by atoms with van der Waals surface area (Å²) >= 11 is 0. The smallest absolute Gasteiger partial charge is 0.272 e. The number of rotatable bonds is 14. The molecule has 0 aliphatic heterocycles. The fraction of sp³-hybridized carbons (Fsp3) is 0.600. The van der Waals surface area contributed by atoms with Gasteiger partial charge in [0.2, 0.25) is 0 Å². The summed E-state index contributed by atoms with van der Waals surface area (Å²) in [7, 11) is -10.8. The summed E-state index contributed by atoms with van der Waals surface area (Å²) in [5.41, 5.74) is 4.93. The third kappa shape index (κ3) is 25.4. The van der Waals surface area contributed by atoms with Crippen LogP contribution in [0.25, 0.3) is 0 Å². The SMILES string of the molecule is CC(C)=CCC/C(C)=C/CCC(C)=CCC/C(C)=C/COP(=O)([O-])OP(=O)([O-])[O-].[NH4+].[NH4+].[NH4+]. The summed E-state index contributed by atoms with van der Waals surface area (Å²) < 4.78 is 29.1. The maximum Gasteiger partial charge on any atom is 0.272 e. The lowest BCUT2D eigenvalue weighted by Crippen LogP contribution is -2.19. The average molecular weight is 502 g/mol. The van der Waals surface area contributed by atoms with Gasteiger partial charge < -0.3 is 42.2 Å². The van der Waals surface area contributed by atoms with Gasteiger partial charge in [-0.05, 0) is 73.1 Å². The topological polar surface area (TPSA) is 231 Å². The summed E-state index contributed by atoms with van der Waals surface area (Å²) in [6, 6.07) is 0. The monoisotopic (exact) mass is 501 g/mol. The number of allylic oxidation sites excluding steroid dienone is 7. The Hall–Kier alpha value is -0.900. The van der Waals surface area contributed by atoms with E-state index in [9.17, 15) is 23.8 Å². The molecule has 1 atom stereocenters. The fourth-order valence-electron chi connectivity index (χ4n) is 2.40. The van der Waals surface area contributed by atoms with Crippen LogP contribution >= 0.6 is 15.6 Å². The second-order valence-corrected chi connectivity index (χ2v) is 10.0. The molecule has 0 bridgehead atoms. The minimum Gasteiger partial charge on any atom is -0.790 e. The van der Waals surface area contributed by atoms with Crippen LogP contribution in [0.15, 0.2) is 46.6 Å². The van der Waals surface area contributed by atoms with E-state index in [0.29, 0.717) is 6.42 Å². The van der Waals surface area contributed by atoms with E-state index in [4.69, 9.17) is 0 Å². The minimum atomic E-state index is -5.64. The van der Waals surface area contributed by atoms with Gasteiger partial charge in [0.25, 0.3) is 7.82 Å². The van der Waals surface area contributed by atoms with Crippen LogP contribution in [0.1, 0.15) is 73.1 Å². The second kappa shape index (κ2) is 19.6. The van der Waals surface area contributed by atoms with Crippen molar-refractivity contribution in [2.24, 2.45) is 0 Å². The van der Waals surface area contributed by atoms with Crippen LogP contribution in [0.3, 0.4) is 0 Å². The summed E-state index contributed by atoms with van der Waals surface area (Å²) in [5.74, 6) is 0. The molecule has 0 spiro atoms. The van der Waals surface area contributed by atoms with Gasteiger partial charge in [-0.25, -0.2) is 0 Å². The number of phosphoric ester groups is 1. The van der Waals surface area contributed by atoms with Gasteiger partial charge in [0.15, 0.2) is 0 Å². The molecule has 1 unspecified atom stereocenters. The molecule has 0 aliphatic rings. The van der Waals surface area contributed by atoms with Crippen LogP contribution in [0.4, 0.5) is 0 Å². The van der Waals surface area contributed by atoms with Crippen LogP contribution in [0.2, 0.25) is 0 Å². The molecule has 0 aromatic heterocycles. The highest BCUT2D eigenvalue weighted by Gasteiger charge is 2.10. The first kappa shape index (κ1) is 38.4. The summed E-state index contributed by atoms with van der Waals surface area (Å²) in [6.07, 6.45) is 13.9. The van der Waals surface area contributed by atoms with E-state index < -0.39 is 15.6 Å². The van der Waals surface area contributed by atoms with Gasteiger partial charge in [0.05, 0.1) is 14.4 Å². The Kier molecular flexibility index (Phi) is 23.5. The number of hydrogen-bond acceptors (Lipinski definition) is 7. The standard InChI is InChI=1S/C20H36O7P2.3H3N/c1-17(2)9-6-10-18(3)11-7-12-19(4)13-8-14-20(5)15-16-26-29(24,25)27-28(21,22)23;;;/h9,11,13,15H,6-8,10,12,14,16H2,1-5H3,(H,24,25)(H2,21,22,23);3*1H3/b18-11+,19-13?,20-15+;;;. The average Bonchev–Trinajstić information content (AvgIpc) is 2.51. The molecule has 10 nitrogen and oxygen atoms in total. The lowest BCUT2D eigenvalue weighted by molar-refractivity contribution is -0.339. The predicted molar refractivity (Wildman–Crippen MR) is 129 cm³/mol. The molecule has 12 N–H and O–H groups in total. The summed E-state index contributed by atoms with van der Waals surface area (Å²) in [4.78, 5) is 31.7. The zero-order chi connectivity index (χ0) is 22.5. The van der Waals surface area contributed by atoms with Crippen molar-refractivity contribution in [1.29, 1.82) is 0 Å².